The zero-order valence-electron chi connectivity index (χ0n) is 11.6. The average molecular weight is 259 g/mol. The SMILES string of the molecule is CCCNCc1ccccc1OCc1nccn1C. The normalized spacial score (nSPS) is 10.6. The molecule has 0 spiro atoms. The molecule has 0 amide bonds. The van der Waals surface area contributed by atoms with Gasteiger partial charge in [-0.1, -0.05) is 25.1 Å². The first-order valence-corrected chi connectivity index (χ1v) is 6.69. The molecule has 19 heavy (non-hydrogen) atoms. The number of benzene rings is 1. The van der Waals surface area contributed by atoms with Crippen molar-refractivity contribution in [1.29, 1.82) is 0 Å². The minimum Gasteiger partial charge on any atom is -0.485 e. The number of para-hydroxylation sites is 1. The molecular weight excluding hydrogens is 238 g/mol. The van der Waals surface area contributed by atoms with Crippen LogP contribution in [0.1, 0.15) is 24.7 Å². The molecule has 0 aliphatic rings. The summed E-state index contributed by atoms with van der Waals surface area (Å²) in [6, 6.07) is 8.13. The Labute approximate surface area is 114 Å². The van der Waals surface area contributed by atoms with Crippen LogP contribution in [-0.2, 0) is 20.2 Å². The second kappa shape index (κ2) is 6.95. The lowest BCUT2D eigenvalue weighted by Gasteiger charge is -2.11. The van der Waals surface area contributed by atoms with Crippen LogP contribution in [0, 0.1) is 0 Å². The number of hydrogen-bond donors (Lipinski definition) is 1. The minimum atomic E-state index is 0.494. The monoisotopic (exact) mass is 259 g/mol. The topological polar surface area (TPSA) is 39.1 Å². The molecule has 0 atom stereocenters. The third-order valence-corrected chi connectivity index (χ3v) is 2.99. The van der Waals surface area contributed by atoms with Crippen molar-refractivity contribution in [3.05, 3.63) is 48.0 Å². The smallest absolute Gasteiger partial charge is 0.146 e. The number of rotatable bonds is 7. The summed E-state index contributed by atoms with van der Waals surface area (Å²) >= 11 is 0. The Morgan fingerprint density at radius 2 is 2.16 bits per heavy atom. The van der Waals surface area contributed by atoms with E-state index >= 15 is 0 Å². The Morgan fingerprint density at radius 1 is 1.32 bits per heavy atom. The molecule has 0 aliphatic heterocycles. The lowest BCUT2D eigenvalue weighted by atomic mass is 10.2. The second-order valence-corrected chi connectivity index (χ2v) is 4.53. The van der Waals surface area contributed by atoms with Gasteiger partial charge < -0.3 is 14.6 Å². The highest BCUT2D eigenvalue weighted by molar-refractivity contribution is 5.33. The number of nitrogens with one attached hydrogen (secondary N) is 1. The number of hydrogen-bond acceptors (Lipinski definition) is 3. The average Bonchev–Trinajstić information content (AvgIpc) is 2.83. The van der Waals surface area contributed by atoms with Gasteiger partial charge in [0.2, 0.25) is 0 Å². The van der Waals surface area contributed by atoms with Crippen molar-refractivity contribution in [3.63, 3.8) is 0 Å². The largest absolute Gasteiger partial charge is 0.485 e. The van der Waals surface area contributed by atoms with E-state index in [1.54, 1.807) is 6.20 Å². The van der Waals surface area contributed by atoms with E-state index in [9.17, 15) is 0 Å². The van der Waals surface area contributed by atoms with E-state index in [0.29, 0.717) is 6.61 Å². The first kappa shape index (κ1) is 13.6. The summed E-state index contributed by atoms with van der Waals surface area (Å²) in [7, 11) is 1.97. The number of aryl methyl sites for hydroxylation is 1. The van der Waals surface area contributed by atoms with Crippen molar-refractivity contribution in [2.75, 3.05) is 6.54 Å². The summed E-state index contributed by atoms with van der Waals surface area (Å²) in [4.78, 5) is 4.26. The van der Waals surface area contributed by atoms with Crippen molar-refractivity contribution in [2.24, 2.45) is 7.05 Å². The van der Waals surface area contributed by atoms with Gasteiger partial charge >= 0.3 is 0 Å². The lowest BCUT2D eigenvalue weighted by molar-refractivity contribution is 0.288. The van der Waals surface area contributed by atoms with Crippen LogP contribution >= 0.6 is 0 Å². The van der Waals surface area contributed by atoms with Crippen LogP contribution in [0.5, 0.6) is 5.75 Å². The van der Waals surface area contributed by atoms with E-state index in [2.05, 4.69) is 23.3 Å². The van der Waals surface area contributed by atoms with Crippen LogP contribution in [0.4, 0.5) is 0 Å². The molecule has 1 N–H and O–H groups in total. The summed E-state index contributed by atoms with van der Waals surface area (Å²) in [6.45, 7) is 4.52. The van der Waals surface area contributed by atoms with Gasteiger partial charge in [0.15, 0.2) is 0 Å². The number of nitrogens with zero attached hydrogens (tertiary/aromatic N) is 2. The number of ether oxygens (including phenoxy) is 1. The predicted molar refractivity (Wildman–Crippen MR) is 76.0 cm³/mol. The van der Waals surface area contributed by atoms with Crippen molar-refractivity contribution >= 4 is 0 Å². The molecule has 0 bridgehead atoms. The Kier molecular flexibility index (Phi) is 4.98. The van der Waals surface area contributed by atoms with Gasteiger partial charge in [0.1, 0.15) is 18.2 Å². The summed E-state index contributed by atoms with van der Waals surface area (Å²) in [5.74, 6) is 1.85. The van der Waals surface area contributed by atoms with Gasteiger partial charge in [0, 0.05) is 31.5 Å². The van der Waals surface area contributed by atoms with E-state index in [4.69, 9.17) is 4.74 Å². The van der Waals surface area contributed by atoms with Gasteiger partial charge in [0.25, 0.3) is 0 Å². The highest BCUT2D eigenvalue weighted by Gasteiger charge is 2.05. The van der Waals surface area contributed by atoms with E-state index in [1.165, 1.54) is 5.56 Å². The highest BCUT2D eigenvalue weighted by Crippen LogP contribution is 2.18. The fourth-order valence-electron chi connectivity index (χ4n) is 1.87. The maximum Gasteiger partial charge on any atom is 0.146 e. The summed E-state index contributed by atoms with van der Waals surface area (Å²) < 4.78 is 7.84. The molecule has 0 radical (unpaired) electrons. The van der Waals surface area contributed by atoms with Crippen molar-refractivity contribution in [1.82, 2.24) is 14.9 Å². The first-order chi connectivity index (χ1) is 9.31. The minimum absolute atomic E-state index is 0.494. The van der Waals surface area contributed by atoms with E-state index < -0.39 is 0 Å². The predicted octanol–water partition coefficient (Wildman–Crippen LogP) is 2.50. The quantitative estimate of drug-likeness (QED) is 0.776. The molecule has 0 saturated heterocycles. The van der Waals surface area contributed by atoms with Crippen molar-refractivity contribution in [3.8, 4) is 5.75 Å². The molecule has 1 heterocycles. The van der Waals surface area contributed by atoms with Crippen LogP contribution < -0.4 is 10.1 Å². The molecule has 0 fully saturated rings. The van der Waals surface area contributed by atoms with Crippen LogP contribution in [0.25, 0.3) is 0 Å². The van der Waals surface area contributed by atoms with Crippen molar-refractivity contribution in [2.45, 2.75) is 26.5 Å². The summed E-state index contributed by atoms with van der Waals surface area (Å²) in [5, 5.41) is 3.40. The Morgan fingerprint density at radius 3 is 2.89 bits per heavy atom. The molecule has 0 saturated carbocycles. The Bertz CT molecular complexity index is 508. The third-order valence-electron chi connectivity index (χ3n) is 2.99. The van der Waals surface area contributed by atoms with Gasteiger partial charge in [-0.05, 0) is 19.0 Å². The fourth-order valence-corrected chi connectivity index (χ4v) is 1.87. The van der Waals surface area contributed by atoms with Crippen LogP contribution in [-0.4, -0.2) is 16.1 Å². The fraction of sp³-hybridized carbons (Fsp3) is 0.400. The maximum atomic E-state index is 5.87. The van der Waals surface area contributed by atoms with Gasteiger partial charge in [-0.15, -0.1) is 0 Å². The molecule has 102 valence electrons. The van der Waals surface area contributed by atoms with Gasteiger partial charge in [-0.3, -0.25) is 0 Å². The van der Waals surface area contributed by atoms with Crippen molar-refractivity contribution < 1.29 is 4.74 Å². The Balaban J connectivity index is 1.97. The van der Waals surface area contributed by atoms with E-state index in [1.807, 2.05) is 36.0 Å². The molecule has 2 aromatic rings. The molecule has 0 aliphatic carbocycles. The zero-order valence-corrected chi connectivity index (χ0v) is 11.6. The molecule has 4 nitrogen and oxygen atoms in total. The summed E-state index contributed by atoms with van der Waals surface area (Å²) in [5.41, 5.74) is 1.19. The summed E-state index contributed by atoms with van der Waals surface area (Å²) in [6.07, 6.45) is 4.84. The molecule has 1 aromatic heterocycles. The molecule has 0 unspecified atom stereocenters. The van der Waals surface area contributed by atoms with E-state index in [-0.39, 0.29) is 0 Å². The zero-order chi connectivity index (χ0) is 13.5. The Hall–Kier alpha value is -1.81. The lowest BCUT2D eigenvalue weighted by Crippen LogP contribution is -2.14. The van der Waals surface area contributed by atoms with Crippen LogP contribution in [0.3, 0.4) is 0 Å². The van der Waals surface area contributed by atoms with Gasteiger partial charge in [-0.2, -0.15) is 0 Å². The van der Waals surface area contributed by atoms with Crippen LogP contribution in [0.2, 0.25) is 0 Å². The number of imidazole rings is 1. The van der Waals surface area contributed by atoms with Crippen LogP contribution in [0.15, 0.2) is 36.7 Å². The number of aromatic nitrogens is 2. The second-order valence-electron chi connectivity index (χ2n) is 4.53. The standard InChI is InChI=1S/C15H21N3O/c1-3-8-16-11-13-6-4-5-7-14(13)19-12-15-17-9-10-18(15)2/h4-7,9-10,16H,3,8,11-12H2,1-2H3. The molecule has 4 heteroatoms. The molecule has 2 rings (SSSR count). The molecular formula is C15H21N3O. The molecule has 1 aromatic carbocycles. The highest BCUT2D eigenvalue weighted by atomic mass is 16.5. The maximum absolute atomic E-state index is 5.87. The first-order valence-electron chi connectivity index (χ1n) is 6.69. The van der Waals surface area contributed by atoms with Gasteiger partial charge in [-0.25, -0.2) is 4.98 Å². The third kappa shape index (κ3) is 3.83. The van der Waals surface area contributed by atoms with E-state index in [0.717, 1.165) is 31.1 Å². The van der Waals surface area contributed by atoms with Gasteiger partial charge in [0.05, 0.1) is 0 Å².